The number of aliphatic hydroxyl groups is 2. The molecule has 0 saturated heterocycles. The summed E-state index contributed by atoms with van der Waals surface area (Å²) in [5.41, 5.74) is 1.79. The summed E-state index contributed by atoms with van der Waals surface area (Å²) >= 11 is 0. The average molecular weight is 285 g/mol. The maximum Gasteiger partial charge on any atom is 0.0942 e. The number of benzene rings is 2. The van der Waals surface area contributed by atoms with Gasteiger partial charge in [0.05, 0.1) is 12.2 Å². The summed E-state index contributed by atoms with van der Waals surface area (Å²) in [4.78, 5) is 1.98. The van der Waals surface area contributed by atoms with Gasteiger partial charge in [0.15, 0.2) is 0 Å². The Morgan fingerprint density at radius 2 is 1.33 bits per heavy atom. The molecule has 3 heteroatoms. The van der Waals surface area contributed by atoms with Crippen LogP contribution in [0.5, 0.6) is 0 Å². The van der Waals surface area contributed by atoms with Gasteiger partial charge < -0.3 is 10.2 Å². The molecule has 2 rings (SSSR count). The van der Waals surface area contributed by atoms with Gasteiger partial charge in [-0.25, -0.2) is 0 Å². The molecule has 0 unspecified atom stereocenters. The van der Waals surface area contributed by atoms with Crippen molar-refractivity contribution in [3.05, 3.63) is 71.8 Å². The lowest BCUT2D eigenvalue weighted by Crippen LogP contribution is -2.37. The smallest absolute Gasteiger partial charge is 0.0942 e. The Morgan fingerprint density at radius 3 is 1.86 bits per heavy atom. The molecule has 2 N–H and O–H groups in total. The van der Waals surface area contributed by atoms with Crippen molar-refractivity contribution in [1.29, 1.82) is 0 Å². The number of rotatable bonds is 6. The minimum Gasteiger partial charge on any atom is -0.387 e. The maximum atomic E-state index is 10.4. The third-order valence-corrected chi connectivity index (χ3v) is 3.94. The van der Waals surface area contributed by atoms with E-state index in [1.54, 1.807) is 0 Å². The molecule has 3 nitrogen and oxygen atoms in total. The SMILES string of the molecule is C[C@@H]([C@H](O)c1ccccc1)N(C)C[C@H](O)c1ccccc1. The molecule has 21 heavy (non-hydrogen) atoms. The summed E-state index contributed by atoms with van der Waals surface area (Å²) < 4.78 is 0. The van der Waals surface area contributed by atoms with Gasteiger partial charge in [0.1, 0.15) is 0 Å². The van der Waals surface area contributed by atoms with Crippen LogP contribution in [-0.2, 0) is 0 Å². The monoisotopic (exact) mass is 285 g/mol. The molecule has 3 atom stereocenters. The van der Waals surface area contributed by atoms with Crippen molar-refractivity contribution in [2.75, 3.05) is 13.6 Å². The zero-order valence-corrected chi connectivity index (χ0v) is 12.6. The molecule has 0 saturated carbocycles. The van der Waals surface area contributed by atoms with Gasteiger partial charge in [-0.3, -0.25) is 4.90 Å². The summed E-state index contributed by atoms with van der Waals surface area (Å²) in [5.74, 6) is 0. The fourth-order valence-corrected chi connectivity index (χ4v) is 2.39. The number of aliphatic hydroxyl groups excluding tert-OH is 2. The summed E-state index contributed by atoms with van der Waals surface area (Å²) in [5, 5.41) is 20.7. The van der Waals surface area contributed by atoms with Crippen LogP contribution >= 0.6 is 0 Å². The normalized spacial score (nSPS) is 15.7. The first-order chi connectivity index (χ1) is 10.1. The molecule has 0 aliphatic rings. The van der Waals surface area contributed by atoms with Gasteiger partial charge >= 0.3 is 0 Å². The molecule has 112 valence electrons. The predicted molar refractivity (Wildman–Crippen MR) is 84.9 cm³/mol. The first-order valence-corrected chi connectivity index (χ1v) is 7.26. The van der Waals surface area contributed by atoms with Crippen LogP contribution in [0.2, 0.25) is 0 Å². The Kier molecular flexibility index (Phi) is 5.51. The van der Waals surface area contributed by atoms with E-state index in [4.69, 9.17) is 0 Å². The largest absolute Gasteiger partial charge is 0.387 e. The van der Waals surface area contributed by atoms with E-state index >= 15 is 0 Å². The van der Waals surface area contributed by atoms with Gasteiger partial charge in [-0.05, 0) is 25.1 Å². The van der Waals surface area contributed by atoms with E-state index in [2.05, 4.69) is 0 Å². The van der Waals surface area contributed by atoms with Gasteiger partial charge in [-0.2, -0.15) is 0 Å². The lowest BCUT2D eigenvalue weighted by Gasteiger charge is -2.30. The van der Waals surface area contributed by atoms with Crippen molar-refractivity contribution in [3.8, 4) is 0 Å². The van der Waals surface area contributed by atoms with Crippen molar-refractivity contribution in [2.24, 2.45) is 0 Å². The molecule has 2 aromatic carbocycles. The zero-order valence-electron chi connectivity index (χ0n) is 12.6. The number of likely N-dealkylation sites (N-methyl/N-ethyl adjacent to an activating group) is 1. The number of hydrogen-bond donors (Lipinski definition) is 2. The second kappa shape index (κ2) is 7.36. The van der Waals surface area contributed by atoms with E-state index in [1.165, 1.54) is 0 Å². The van der Waals surface area contributed by atoms with Crippen LogP contribution in [0.1, 0.15) is 30.3 Å². The molecule has 0 aromatic heterocycles. The van der Waals surface area contributed by atoms with Crippen LogP contribution in [0, 0.1) is 0 Å². The lowest BCUT2D eigenvalue weighted by molar-refractivity contribution is 0.0414. The third-order valence-electron chi connectivity index (χ3n) is 3.94. The Morgan fingerprint density at radius 1 is 0.857 bits per heavy atom. The molecule has 0 fully saturated rings. The predicted octanol–water partition coefficient (Wildman–Crippen LogP) is 2.77. The number of nitrogens with zero attached hydrogens (tertiary/aromatic N) is 1. The van der Waals surface area contributed by atoms with E-state index < -0.39 is 12.2 Å². The summed E-state index contributed by atoms with van der Waals surface area (Å²) in [7, 11) is 1.92. The molecular formula is C18H23NO2. The van der Waals surface area contributed by atoms with Crippen LogP contribution < -0.4 is 0 Å². The minimum absolute atomic E-state index is 0.0780. The summed E-state index contributed by atoms with van der Waals surface area (Å²) in [6, 6.07) is 19.1. The molecule has 2 aromatic rings. The van der Waals surface area contributed by atoms with Crippen molar-refractivity contribution in [3.63, 3.8) is 0 Å². The minimum atomic E-state index is -0.570. The van der Waals surface area contributed by atoms with Gasteiger partial charge in [-0.1, -0.05) is 60.7 Å². The number of hydrogen-bond acceptors (Lipinski definition) is 3. The highest BCUT2D eigenvalue weighted by molar-refractivity contribution is 5.19. The van der Waals surface area contributed by atoms with Crippen LogP contribution in [0.25, 0.3) is 0 Å². The zero-order chi connectivity index (χ0) is 15.2. The standard InChI is InChI=1S/C18H23NO2/c1-14(18(21)16-11-7-4-8-12-16)19(2)13-17(20)15-9-5-3-6-10-15/h3-12,14,17-18,20-21H,13H2,1-2H3/t14-,17-,18-/m0/s1. The van der Waals surface area contributed by atoms with Crippen molar-refractivity contribution in [2.45, 2.75) is 25.2 Å². The molecule has 0 amide bonds. The van der Waals surface area contributed by atoms with Gasteiger partial charge in [0.25, 0.3) is 0 Å². The topological polar surface area (TPSA) is 43.7 Å². The first-order valence-electron chi connectivity index (χ1n) is 7.26. The Hall–Kier alpha value is -1.68. The van der Waals surface area contributed by atoms with E-state index in [-0.39, 0.29) is 6.04 Å². The van der Waals surface area contributed by atoms with E-state index in [1.807, 2.05) is 79.5 Å². The first kappa shape index (κ1) is 15.7. The van der Waals surface area contributed by atoms with Gasteiger partial charge in [0, 0.05) is 12.6 Å². The highest BCUT2D eigenvalue weighted by Crippen LogP contribution is 2.22. The maximum absolute atomic E-state index is 10.4. The van der Waals surface area contributed by atoms with Crippen LogP contribution in [-0.4, -0.2) is 34.7 Å². The van der Waals surface area contributed by atoms with E-state index in [9.17, 15) is 10.2 Å². The third kappa shape index (κ3) is 4.14. The van der Waals surface area contributed by atoms with E-state index in [0.29, 0.717) is 6.54 Å². The Labute approximate surface area is 126 Å². The van der Waals surface area contributed by atoms with Gasteiger partial charge in [0.2, 0.25) is 0 Å². The van der Waals surface area contributed by atoms with Crippen molar-refractivity contribution in [1.82, 2.24) is 4.90 Å². The fourth-order valence-electron chi connectivity index (χ4n) is 2.39. The fraction of sp³-hybridized carbons (Fsp3) is 0.333. The second-order valence-electron chi connectivity index (χ2n) is 5.46. The summed E-state index contributed by atoms with van der Waals surface area (Å²) in [6.07, 6.45) is -1.12. The molecule has 0 bridgehead atoms. The van der Waals surface area contributed by atoms with Crippen molar-refractivity contribution < 1.29 is 10.2 Å². The molecule has 0 radical (unpaired) electrons. The quantitative estimate of drug-likeness (QED) is 0.857. The Balaban J connectivity index is 1.98. The Bertz CT molecular complexity index is 529. The summed E-state index contributed by atoms with van der Waals surface area (Å²) in [6.45, 7) is 2.45. The molecule has 0 heterocycles. The molecule has 0 spiro atoms. The van der Waals surface area contributed by atoms with Crippen molar-refractivity contribution >= 4 is 0 Å². The van der Waals surface area contributed by atoms with Crippen LogP contribution in [0.3, 0.4) is 0 Å². The van der Waals surface area contributed by atoms with Crippen LogP contribution in [0.4, 0.5) is 0 Å². The molecule has 0 aliphatic heterocycles. The lowest BCUT2D eigenvalue weighted by atomic mass is 10.0. The average Bonchev–Trinajstić information content (AvgIpc) is 2.55. The highest BCUT2D eigenvalue weighted by Gasteiger charge is 2.22. The van der Waals surface area contributed by atoms with E-state index in [0.717, 1.165) is 11.1 Å². The second-order valence-corrected chi connectivity index (χ2v) is 5.46. The molecule has 0 aliphatic carbocycles. The highest BCUT2D eigenvalue weighted by atomic mass is 16.3. The van der Waals surface area contributed by atoms with Gasteiger partial charge in [-0.15, -0.1) is 0 Å². The molecular weight excluding hydrogens is 262 g/mol. The van der Waals surface area contributed by atoms with Crippen LogP contribution in [0.15, 0.2) is 60.7 Å².